The van der Waals surface area contributed by atoms with Crippen molar-refractivity contribution < 1.29 is 17.9 Å². The highest BCUT2D eigenvalue weighted by atomic mass is 35.5. The van der Waals surface area contributed by atoms with Crippen LogP contribution in [0.25, 0.3) is 0 Å². The first-order valence-electron chi connectivity index (χ1n) is 8.31. The van der Waals surface area contributed by atoms with Gasteiger partial charge in [0.15, 0.2) is 0 Å². The van der Waals surface area contributed by atoms with Gasteiger partial charge in [0.05, 0.1) is 12.0 Å². The quantitative estimate of drug-likeness (QED) is 0.549. The van der Waals surface area contributed by atoms with Gasteiger partial charge in [0.25, 0.3) is 15.9 Å². The molecule has 150 valence electrons. The Labute approximate surface area is 178 Å². The van der Waals surface area contributed by atoms with Gasteiger partial charge in [0.2, 0.25) is 0 Å². The molecular formula is C20H16Cl2N2O4S. The third-order valence-electron chi connectivity index (χ3n) is 3.89. The summed E-state index contributed by atoms with van der Waals surface area (Å²) < 4.78 is 32.6. The summed E-state index contributed by atoms with van der Waals surface area (Å²) in [6, 6.07) is 16.8. The first-order chi connectivity index (χ1) is 13.8. The number of ether oxygens (including phenoxy) is 1. The van der Waals surface area contributed by atoms with E-state index in [1.54, 1.807) is 24.3 Å². The van der Waals surface area contributed by atoms with Gasteiger partial charge < -0.3 is 10.1 Å². The van der Waals surface area contributed by atoms with E-state index in [0.29, 0.717) is 32.7 Å². The van der Waals surface area contributed by atoms with Gasteiger partial charge in [-0.05, 0) is 66.7 Å². The Morgan fingerprint density at radius 3 is 1.97 bits per heavy atom. The number of amides is 1. The number of sulfonamides is 1. The van der Waals surface area contributed by atoms with E-state index < -0.39 is 15.9 Å². The van der Waals surface area contributed by atoms with Gasteiger partial charge in [-0.15, -0.1) is 0 Å². The fraction of sp³-hybridized carbons (Fsp3) is 0.0500. The van der Waals surface area contributed by atoms with Crippen LogP contribution in [-0.4, -0.2) is 21.4 Å². The molecule has 3 aromatic carbocycles. The Morgan fingerprint density at radius 2 is 1.41 bits per heavy atom. The van der Waals surface area contributed by atoms with Gasteiger partial charge in [-0.25, -0.2) is 8.42 Å². The Hall–Kier alpha value is -2.74. The van der Waals surface area contributed by atoms with E-state index in [4.69, 9.17) is 27.9 Å². The van der Waals surface area contributed by atoms with Crippen LogP contribution in [-0.2, 0) is 10.0 Å². The van der Waals surface area contributed by atoms with Crippen LogP contribution in [0.2, 0.25) is 10.0 Å². The number of halogens is 2. The highest BCUT2D eigenvalue weighted by Crippen LogP contribution is 2.22. The van der Waals surface area contributed by atoms with Crippen molar-refractivity contribution in [1.82, 2.24) is 0 Å². The second-order valence-electron chi connectivity index (χ2n) is 5.97. The molecule has 0 saturated heterocycles. The number of carbonyl (C=O) groups is 1. The molecule has 3 rings (SSSR count). The number of benzene rings is 3. The number of hydrogen-bond acceptors (Lipinski definition) is 4. The van der Waals surface area contributed by atoms with Crippen molar-refractivity contribution in [1.29, 1.82) is 0 Å². The number of hydrogen-bond donors (Lipinski definition) is 2. The van der Waals surface area contributed by atoms with E-state index in [9.17, 15) is 13.2 Å². The van der Waals surface area contributed by atoms with Crippen LogP contribution in [0.4, 0.5) is 11.4 Å². The summed E-state index contributed by atoms with van der Waals surface area (Å²) in [5.41, 5.74) is 1.12. The summed E-state index contributed by atoms with van der Waals surface area (Å²) in [6.45, 7) is 0. The lowest BCUT2D eigenvalue weighted by atomic mass is 10.2. The molecule has 0 fully saturated rings. The van der Waals surface area contributed by atoms with E-state index in [0.717, 1.165) is 0 Å². The van der Waals surface area contributed by atoms with Crippen molar-refractivity contribution in [2.75, 3.05) is 17.1 Å². The lowest BCUT2D eigenvalue weighted by molar-refractivity contribution is 0.102. The molecule has 0 aliphatic rings. The standard InChI is InChI=1S/C20H16Cl2N2O4S/c1-28-18-6-2-17(3-7-18)24-29(26,27)19-8-4-16(5-9-19)23-20(25)13-10-14(21)12-15(22)11-13/h2-12,24H,1H3,(H,23,25). The Kier molecular flexibility index (Phi) is 6.32. The third-order valence-corrected chi connectivity index (χ3v) is 5.72. The molecule has 9 heteroatoms. The van der Waals surface area contributed by atoms with Crippen molar-refractivity contribution in [3.8, 4) is 5.75 Å². The maximum absolute atomic E-state index is 12.5. The molecule has 0 aliphatic carbocycles. The Morgan fingerprint density at radius 1 is 0.862 bits per heavy atom. The lowest BCUT2D eigenvalue weighted by Gasteiger charge is -2.10. The largest absolute Gasteiger partial charge is 0.497 e. The number of carbonyl (C=O) groups excluding carboxylic acids is 1. The maximum atomic E-state index is 12.5. The van der Waals surface area contributed by atoms with E-state index in [1.807, 2.05) is 0 Å². The van der Waals surface area contributed by atoms with E-state index in [-0.39, 0.29) is 4.90 Å². The molecule has 0 atom stereocenters. The van der Waals surface area contributed by atoms with Crippen LogP contribution < -0.4 is 14.8 Å². The van der Waals surface area contributed by atoms with Crippen molar-refractivity contribution >= 4 is 50.5 Å². The third kappa shape index (κ3) is 5.41. The molecule has 0 unspecified atom stereocenters. The highest BCUT2D eigenvalue weighted by Gasteiger charge is 2.15. The molecule has 1 amide bonds. The number of anilines is 2. The summed E-state index contributed by atoms with van der Waals surface area (Å²) in [5.74, 6) is 0.204. The topological polar surface area (TPSA) is 84.5 Å². The Bertz CT molecular complexity index is 1110. The molecule has 0 saturated carbocycles. The molecule has 0 bridgehead atoms. The molecule has 0 aliphatic heterocycles. The second kappa shape index (κ2) is 8.73. The molecule has 0 aromatic heterocycles. The first-order valence-corrected chi connectivity index (χ1v) is 10.5. The van der Waals surface area contributed by atoms with Gasteiger partial charge in [-0.3, -0.25) is 9.52 Å². The zero-order valence-electron chi connectivity index (χ0n) is 15.1. The van der Waals surface area contributed by atoms with Crippen LogP contribution >= 0.6 is 23.2 Å². The maximum Gasteiger partial charge on any atom is 0.261 e. The molecular weight excluding hydrogens is 435 g/mol. The smallest absolute Gasteiger partial charge is 0.261 e. The van der Waals surface area contributed by atoms with Gasteiger partial charge in [-0.2, -0.15) is 0 Å². The number of rotatable bonds is 6. The van der Waals surface area contributed by atoms with Crippen molar-refractivity contribution in [3.05, 3.63) is 82.3 Å². The fourth-order valence-corrected chi connectivity index (χ4v) is 4.06. The molecule has 0 radical (unpaired) electrons. The second-order valence-corrected chi connectivity index (χ2v) is 8.53. The molecule has 0 heterocycles. The first kappa shape index (κ1) is 21.0. The number of methoxy groups -OCH3 is 1. The normalized spacial score (nSPS) is 11.0. The predicted molar refractivity (Wildman–Crippen MR) is 115 cm³/mol. The van der Waals surface area contributed by atoms with Gasteiger partial charge in [-0.1, -0.05) is 23.2 Å². The minimum atomic E-state index is -3.78. The average molecular weight is 451 g/mol. The van der Waals surface area contributed by atoms with Gasteiger partial charge in [0.1, 0.15) is 5.75 Å². The van der Waals surface area contributed by atoms with Crippen molar-refractivity contribution in [2.45, 2.75) is 4.90 Å². The van der Waals surface area contributed by atoms with Gasteiger partial charge >= 0.3 is 0 Å². The summed E-state index contributed by atoms with van der Waals surface area (Å²) in [6.07, 6.45) is 0. The predicted octanol–water partition coefficient (Wildman–Crippen LogP) is 5.06. The summed E-state index contributed by atoms with van der Waals surface area (Å²) >= 11 is 11.8. The van der Waals surface area contributed by atoms with Crippen LogP contribution in [0.1, 0.15) is 10.4 Å². The fourth-order valence-electron chi connectivity index (χ4n) is 2.48. The van der Waals surface area contributed by atoms with Crippen LogP contribution in [0, 0.1) is 0 Å². The molecule has 29 heavy (non-hydrogen) atoms. The molecule has 0 spiro atoms. The van der Waals surface area contributed by atoms with E-state index in [1.165, 1.54) is 49.6 Å². The Balaban J connectivity index is 1.72. The van der Waals surface area contributed by atoms with E-state index >= 15 is 0 Å². The zero-order valence-corrected chi connectivity index (χ0v) is 17.5. The summed E-state index contributed by atoms with van der Waals surface area (Å²) in [5, 5.41) is 3.35. The minimum absolute atomic E-state index is 0.0529. The van der Waals surface area contributed by atoms with Crippen LogP contribution in [0.3, 0.4) is 0 Å². The number of nitrogens with one attached hydrogen (secondary N) is 2. The average Bonchev–Trinajstić information content (AvgIpc) is 2.68. The minimum Gasteiger partial charge on any atom is -0.497 e. The van der Waals surface area contributed by atoms with Crippen LogP contribution in [0.15, 0.2) is 71.6 Å². The van der Waals surface area contributed by atoms with Gasteiger partial charge in [0, 0.05) is 27.0 Å². The lowest BCUT2D eigenvalue weighted by Crippen LogP contribution is -2.14. The van der Waals surface area contributed by atoms with Crippen molar-refractivity contribution in [2.24, 2.45) is 0 Å². The van der Waals surface area contributed by atoms with E-state index in [2.05, 4.69) is 10.0 Å². The highest BCUT2D eigenvalue weighted by molar-refractivity contribution is 7.92. The summed E-state index contributed by atoms with van der Waals surface area (Å²) in [4.78, 5) is 12.4. The monoisotopic (exact) mass is 450 g/mol. The SMILES string of the molecule is COc1ccc(NS(=O)(=O)c2ccc(NC(=O)c3cc(Cl)cc(Cl)c3)cc2)cc1. The zero-order chi connectivity index (χ0) is 21.0. The molecule has 3 aromatic rings. The van der Waals surface area contributed by atoms with Crippen LogP contribution in [0.5, 0.6) is 5.75 Å². The molecule has 6 nitrogen and oxygen atoms in total. The summed E-state index contributed by atoms with van der Waals surface area (Å²) in [7, 11) is -2.25. The van der Waals surface area contributed by atoms with Crippen molar-refractivity contribution in [3.63, 3.8) is 0 Å². The molecule has 2 N–H and O–H groups in total.